The Labute approximate surface area is 329 Å². The number of aromatic hydroxyl groups is 1. The summed E-state index contributed by atoms with van der Waals surface area (Å²) < 4.78 is 0. The van der Waals surface area contributed by atoms with E-state index in [9.17, 15) is 43.8 Å². The molecule has 3 aromatic rings. The Morgan fingerprint density at radius 1 is 0.807 bits per heavy atom. The van der Waals surface area contributed by atoms with Crippen LogP contribution in [0, 0.1) is 5.92 Å². The predicted octanol–water partition coefficient (Wildman–Crippen LogP) is 0.00610. The van der Waals surface area contributed by atoms with E-state index < -0.39 is 84.1 Å². The minimum absolute atomic E-state index is 0.0228. The first-order valence-corrected chi connectivity index (χ1v) is 18.6. The van der Waals surface area contributed by atoms with E-state index in [1.807, 2.05) is 13.8 Å². The van der Waals surface area contributed by atoms with Gasteiger partial charge in [0.1, 0.15) is 36.0 Å². The van der Waals surface area contributed by atoms with Gasteiger partial charge in [-0.05, 0) is 48.4 Å². The van der Waals surface area contributed by atoms with Gasteiger partial charge in [0.2, 0.25) is 29.5 Å². The molecule has 0 spiro atoms. The van der Waals surface area contributed by atoms with Crippen LogP contribution < -0.4 is 27.0 Å². The minimum Gasteiger partial charge on any atom is -0.508 e. The largest absolute Gasteiger partial charge is 0.508 e. The van der Waals surface area contributed by atoms with Crippen molar-refractivity contribution in [2.45, 2.75) is 95.0 Å². The van der Waals surface area contributed by atoms with Gasteiger partial charge in [0.05, 0.1) is 18.8 Å². The van der Waals surface area contributed by atoms with Crippen molar-refractivity contribution in [3.8, 4) is 5.75 Å². The number of benzene rings is 2. The SMILES string of the molecule is CC(C)C[C@H](NC(=O)[C@H](Cc1ccc(O)cc1)NC(=O)[C@H](Cc1ccccc1)NC(=O)[C@@H](N)Cc1cnc[nH]1)C(=O)N1CCC[C@H]1C(=O)N[C@@H](CC(=O)O)C(=O)O. The number of aromatic amines is 1. The maximum Gasteiger partial charge on any atom is 0.326 e. The van der Waals surface area contributed by atoms with E-state index in [2.05, 4.69) is 31.2 Å². The minimum atomic E-state index is -1.72. The maximum absolute atomic E-state index is 14.2. The Kier molecular flexibility index (Phi) is 15.7. The molecule has 306 valence electrons. The van der Waals surface area contributed by atoms with E-state index in [1.54, 1.807) is 42.5 Å². The molecule has 1 aromatic heterocycles. The third kappa shape index (κ3) is 13.2. The van der Waals surface area contributed by atoms with E-state index in [-0.39, 0.29) is 50.3 Å². The molecule has 0 aliphatic carbocycles. The van der Waals surface area contributed by atoms with Crippen LogP contribution in [-0.2, 0) is 52.8 Å². The van der Waals surface area contributed by atoms with E-state index in [1.165, 1.54) is 29.6 Å². The van der Waals surface area contributed by atoms with Crippen molar-refractivity contribution < 1.29 is 48.9 Å². The highest BCUT2D eigenvalue weighted by atomic mass is 16.4. The van der Waals surface area contributed by atoms with Gasteiger partial charge in [0.15, 0.2) is 0 Å². The van der Waals surface area contributed by atoms with Gasteiger partial charge in [0.25, 0.3) is 0 Å². The van der Waals surface area contributed by atoms with E-state index in [0.717, 1.165) is 0 Å². The molecule has 0 saturated carbocycles. The van der Waals surface area contributed by atoms with Gasteiger partial charge < -0.3 is 52.2 Å². The average molecular weight is 791 g/mol. The molecule has 4 rings (SSSR count). The van der Waals surface area contributed by atoms with Crippen LogP contribution in [0.25, 0.3) is 0 Å². The van der Waals surface area contributed by atoms with Crippen molar-refractivity contribution in [3.05, 3.63) is 83.9 Å². The number of hydrogen-bond acceptors (Lipinski definition) is 10. The molecule has 18 nitrogen and oxygen atoms in total. The lowest BCUT2D eigenvalue weighted by Gasteiger charge is -2.31. The summed E-state index contributed by atoms with van der Waals surface area (Å²) in [6.45, 7) is 3.77. The first-order chi connectivity index (χ1) is 27.1. The quantitative estimate of drug-likeness (QED) is 0.0732. The standard InChI is InChI=1S/C39H50N8O10/c1-22(2)15-30(38(55)47-14-6-9-32(47)37(54)46-31(39(56)57)19-33(49)50)45-36(53)29(17-24-10-12-26(48)13-11-24)44-35(52)28(16-23-7-4-3-5-8-23)43-34(51)27(40)18-25-20-41-21-42-25/h3-5,7-8,10-13,20-22,27-32,48H,6,9,14-19,40H2,1-2H3,(H,41,42)(H,43,51)(H,44,52)(H,45,53)(H,46,54)(H,49,50)(H,56,57)/t27-,28-,29-,30-,31-,32-/m0/s1. The van der Waals surface area contributed by atoms with Gasteiger partial charge in [0, 0.05) is 37.7 Å². The van der Waals surface area contributed by atoms with E-state index >= 15 is 0 Å². The number of phenolic OH excluding ortho intramolecular Hbond substituents is 1. The van der Waals surface area contributed by atoms with Crippen molar-refractivity contribution in [1.29, 1.82) is 0 Å². The molecule has 0 bridgehead atoms. The zero-order valence-corrected chi connectivity index (χ0v) is 31.7. The number of phenols is 1. The number of hydrogen-bond donors (Lipinski definition) is 9. The Morgan fingerprint density at radius 2 is 1.40 bits per heavy atom. The molecule has 1 fully saturated rings. The number of imidazole rings is 1. The zero-order chi connectivity index (χ0) is 41.6. The predicted molar refractivity (Wildman–Crippen MR) is 204 cm³/mol. The molecule has 18 heteroatoms. The molecule has 10 N–H and O–H groups in total. The number of nitrogens with two attached hydrogens (primary N) is 1. The molecule has 1 aliphatic heterocycles. The van der Waals surface area contributed by atoms with Gasteiger partial charge in [-0.15, -0.1) is 0 Å². The number of likely N-dealkylation sites (tertiary alicyclic amines) is 1. The summed E-state index contributed by atoms with van der Waals surface area (Å²) >= 11 is 0. The molecule has 5 amide bonds. The molecule has 1 saturated heterocycles. The molecule has 0 radical (unpaired) electrons. The van der Waals surface area contributed by atoms with Gasteiger partial charge in [-0.3, -0.25) is 28.8 Å². The van der Waals surface area contributed by atoms with Crippen molar-refractivity contribution in [2.24, 2.45) is 11.7 Å². The number of amides is 5. The number of carboxylic acid groups (broad SMARTS) is 2. The van der Waals surface area contributed by atoms with Crippen LogP contribution in [0.3, 0.4) is 0 Å². The lowest BCUT2D eigenvalue weighted by molar-refractivity contribution is -0.148. The third-order valence-corrected chi connectivity index (χ3v) is 9.41. The summed E-state index contributed by atoms with van der Waals surface area (Å²) in [7, 11) is 0. The second-order valence-electron chi connectivity index (χ2n) is 14.4. The fourth-order valence-corrected chi connectivity index (χ4v) is 6.52. The Morgan fingerprint density at radius 3 is 1.96 bits per heavy atom. The van der Waals surface area contributed by atoms with E-state index in [4.69, 9.17) is 10.8 Å². The number of nitrogens with one attached hydrogen (secondary N) is 5. The van der Waals surface area contributed by atoms with E-state index in [0.29, 0.717) is 23.2 Å². The second kappa shape index (κ2) is 20.6. The third-order valence-electron chi connectivity index (χ3n) is 9.41. The molecule has 6 atom stereocenters. The van der Waals surface area contributed by atoms with Crippen LogP contribution in [0.4, 0.5) is 0 Å². The van der Waals surface area contributed by atoms with Crippen LogP contribution in [-0.4, -0.2) is 114 Å². The second-order valence-corrected chi connectivity index (χ2v) is 14.4. The number of aromatic nitrogens is 2. The molecule has 1 aliphatic rings. The summed E-state index contributed by atoms with van der Waals surface area (Å²) in [6, 6.07) is 7.33. The summed E-state index contributed by atoms with van der Waals surface area (Å²) in [5, 5.41) is 38.9. The smallest absolute Gasteiger partial charge is 0.326 e. The van der Waals surface area contributed by atoms with Crippen LogP contribution in [0.2, 0.25) is 0 Å². The van der Waals surface area contributed by atoms with Crippen LogP contribution in [0.1, 0.15) is 56.4 Å². The average Bonchev–Trinajstić information content (AvgIpc) is 3.87. The number of H-pyrrole nitrogens is 1. The maximum atomic E-state index is 14.2. The first-order valence-electron chi connectivity index (χ1n) is 18.6. The Balaban J connectivity index is 1.58. The molecule has 57 heavy (non-hydrogen) atoms. The lowest BCUT2D eigenvalue weighted by Crippen LogP contribution is -2.60. The van der Waals surface area contributed by atoms with Crippen molar-refractivity contribution in [3.63, 3.8) is 0 Å². The summed E-state index contributed by atoms with van der Waals surface area (Å²) in [4.78, 5) is 99.9. The normalized spacial score (nSPS) is 16.4. The first kappa shape index (κ1) is 43.4. The molecule has 0 unspecified atom stereocenters. The van der Waals surface area contributed by atoms with Crippen molar-refractivity contribution in [1.82, 2.24) is 36.1 Å². The molecule has 2 heterocycles. The number of aliphatic carboxylic acids is 2. The van der Waals surface area contributed by atoms with Crippen LogP contribution in [0.5, 0.6) is 5.75 Å². The Hall–Kier alpha value is -6.30. The lowest BCUT2D eigenvalue weighted by atomic mass is 9.99. The van der Waals surface area contributed by atoms with Crippen molar-refractivity contribution in [2.75, 3.05) is 6.54 Å². The summed E-state index contributed by atoms with van der Waals surface area (Å²) in [5.41, 5.74) is 8.06. The topological polar surface area (TPSA) is 286 Å². The van der Waals surface area contributed by atoms with Gasteiger partial charge in [-0.1, -0.05) is 56.3 Å². The molecule has 2 aromatic carbocycles. The number of carboxylic acids is 2. The van der Waals surface area contributed by atoms with Gasteiger partial charge in [-0.25, -0.2) is 9.78 Å². The number of nitrogens with zero attached hydrogens (tertiary/aromatic N) is 2. The zero-order valence-electron chi connectivity index (χ0n) is 31.7. The highest BCUT2D eigenvalue weighted by Gasteiger charge is 2.40. The molecular formula is C39H50N8O10. The van der Waals surface area contributed by atoms with Gasteiger partial charge >= 0.3 is 11.9 Å². The highest BCUT2D eigenvalue weighted by Crippen LogP contribution is 2.21. The highest BCUT2D eigenvalue weighted by molar-refractivity contribution is 5.97. The number of carbonyl (C=O) groups is 7. The fraction of sp³-hybridized carbons (Fsp3) is 0.436. The molecular weight excluding hydrogens is 740 g/mol. The summed E-state index contributed by atoms with van der Waals surface area (Å²) in [6.07, 6.45) is 2.90. The van der Waals surface area contributed by atoms with Gasteiger partial charge in [-0.2, -0.15) is 0 Å². The van der Waals surface area contributed by atoms with Crippen molar-refractivity contribution >= 4 is 41.5 Å². The summed E-state index contributed by atoms with van der Waals surface area (Å²) in [5.74, 6) is -6.67. The number of carbonyl (C=O) groups excluding carboxylic acids is 5. The fourth-order valence-electron chi connectivity index (χ4n) is 6.52. The van der Waals surface area contributed by atoms with Crippen LogP contribution in [0.15, 0.2) is 67.1 Å². The monoisotopic (exact) mass is 790 g/mol. The Bertz CT molecular complexity index is 1860. The number of rotatable bonds is 20. The van der Waals surface area contributed by atoms with Crippen LogP contribution >= 0.6 is 0 Å².